The summed E-state index contributed by atoms with van der Waals surface area (Å²) in [5.41, 5.74) is 10.7. The van der Waals surface area contributed by atoms with Crippen molar-refractivity contribution < 1.29 is 0 Å². The molecule has 9 aromatic carbocycles. The van der Waals surface area contributed by atoms with Gasteiger partial charge in [0.25, 0.3) is 0 Å². The molecular formula is C50H33NS. The van der Waals surface area contributed by atoms with Crippen LogP contribution in [0.25, 0.3) is 75.1 Å². The highest BCUT2D eigenvalue weighted by molar-refractivity contribution is 7.25. The predicted octanol–water partition coefficient (Wildman–Crippen LogP) is 14.8. The fourth-order valence-corrected chi connectivity index (χ4v) is 8.66. The Morgan fingerprint density at radius 2 is 0.731 bits per heavy atom. The van der Waals surface area contributed by atoms with Gasteiger partial charge in [0.05, 0.1) is 0 Å². The predicted molar refractivity (Wildman–Crippen MR) is 225 cm³/mol. The van der Waals surface area contributed by atoms with E-state index in [0.29, 0.717) is 0 Å². The molecule has 0 saturated heterocycles. The third-order valence-corrected chi connectivity index (χ3v) is 11.4. The molecule has 0 aliphatic rings. The Morgan fingerprint density at radius 3 is 1.37 bits per heavy atom. The molecule has 0 bridgehead atoms. The lowest BCUT2D eigenvalue weighted by Crippen LogP contribution is -2.09. The molecule has 0 radical (unpaired) electrons. The van der Waals surface area contributed by atoms with E-state index in [-0.39, 0.29) is 0 Å². The lowest BCUT2D eigenvalue weighted by atomic mass is 9.97. The van der Waals surface area contributed by atoms with Crippen LogP contribution in [0.3, 0.4) is 0 Å². The summed E-state index contributed by atoms with van der Waals surface area (Å²) >= 11 is 1.86. The second-order valence-corrected chi connectivity index (χ2v) is 14.5. The van der Waals surface area contributed by atoms with E-state index < -0.39 is 0 Å². The van der Waals surface area contributed by atoms with Crippen molar-refractivity contribution in [2.45, 2.75) is 0 Å². The second kappa shape index (κ2) is 12.7. The van der Waals surface area contributed by atoms with Crippen LogP contribution in [0.2, 0.25) is 0 Å². The first-order valence-electron chi connectivity index (χ1n) is 17.7. The van der Waals surface area contributed by atoms with Crippen molar-refractivity contribution in [1.29, 1.82) is 0 Å². The molecule has 1 aromatic heterocycles. The van der Waals surface area contributed by atoms with Gasteiger partial charge in [0.1, 0.15) is 0 Å². The Bertz CT molecular complexity index is 2900. The van der Waals surface area contributed by atoms with Crippen molar-refractivity contribution >= 4 is 70.1 Å². The molecule has 0 aliphatic carbocycles. The van der Waals surface area contributed by atoms with E-state index in [2.05, 4.69) is 205 Å². The summed E-state index contributed by atoms with van der Waals surface area (Å²) in [5, 5.41) is 7.65. The summed E-state index contributed by atoms with van der Waals surface area (Å²) in [6.45, 7) is 0. The smallest absolute Gasteiger partial charge is 0.0476 e. The molecule has 0 amide bonds. The summed E-state index contributed by atoms with van der Waals surface area (Å²) in [7, 11) is 0. The monoisotopic (exact) mass is 679 g/mol. The topological polar surface area (TPSA) is 3.24 Å². The van der Waals surface area contributed by atoms with E-state index in [0.717, 1.165) is 17.1 Å². The Labute approximate surface area is 307 Å². The summed E-state index contributed by atoms with van der Waals surface area (Å²) in [6.07, 6.45) is 0. The van der Waals surface area contributed by atoms with Crippen LogP contribution in [0.15, 0.2) is 200 Å². The van der Waals surface area contributed by atoms with Crippen molar-refractivity contribution in [2.24, 2.45) is 0 Å². The van der Waals surface area contributed by atoms with Gasteiger partial charge in [-0.1, -0.05) is 140 Å². The molecule has 0 N–H and O–H groups in total. The number of anilines is 3. The summed E-state index contributed by atoms with van der Waals surface area (Å²) in [4.78, 5) is 2.38. The lowest BCUT2D eigenvalue weighted by Gasteiger charge is -2.26. The Kier molecular flexibility index (Phi) is 7.41. The number of rotatable bonds is 6. The number of benzene rings is 9. The third-order valence-electron chi connectivity index (χ3n) is 10.2. The van der Waals surface area contributed by atoms with E-state index in [1.807, 2.05) is 11.3 Å². The van der Waals surface area contributed by atoms with Crippen molar-refractivity contribution in [1.82, 2.24) is 0 Å². The number of fused-ring (bicyclic) bond motifs is 5. The van der Waals surface area contributed by atoms with E-state index in [1.165, 1.54) is 75.1 Å². The average molecular weight is 680 g/mol. The first-order chi connectivity index (χ1) is 25.7. The SMILES string of the molecule is c1cc(-c2ccc(N(c3ccc(-c4ccc5ccccc5c4)cc3)c3ccc4c(c3)sc3ccccc34)cc2)cc(-c2ccc3ccccc3c2)c1. The van der Waals surface area contributed by atoms with Gasteiger partial charge in [0, 0.05) is 37.2 Å². The van der Waals surface area contributed by atoms with Gasteiger partial charge in [-0.05, 0) is 116 Å². The van der Waals surface area contributed by atoms with Crippen molar-refractivity contribution in [3.05, 3.63) is 200 Å². The highest BCUT2D eigenvalue weighted by atomic mass is 32.1. The van der Waals surface area contributed by atoms with Crippen LogP contribution in [0.5, 0.6) is 0 Å². The minimum atomic E-state index is 1.12. The second-order valence-electron chi connectivity index (χ2n) is 13.4. The number of thiophene rings is 1. The van der Waals surface area contributed by atoms with Gasteiger partial charge in [-0.15, -0.1) is 11.3 Å². The lowest BCUT2D eigenvalue weighted by molar-refractivity contribution is 1.29. The zero-order valence-corrected chi connectivity index (χ0v) is 29.2. The van der Waals surface area contributed by atoms with Crippen molar-refractivity contribution in [3.8, 4) is 33.4 Å². The maximum atomic E-state index is 2.38. The van der Waals surface area contributed by atoms with Crippen LogP contribution in [-0.2, 0) is 0 Å². The Balaban J connectivity index is 1.03. The molecule has 0 unspecified atom stereocenters. The molecule has 244 valence electrons. The van der Waals surface area contributed by atoms with Gasteiger partial charge in [0.15, 0.2) is 0 Å². The number of nitrogens with zero attached hydrogens (tertiary/aromatic N) is 1. The van der Waals surface area contributed by atoms with Crippen molar-refractivity contribution in [2.75, 3.05) is 4.90 Å². The largest absolute Gasteiger partial charge is 0.310 e. The van der Waals surface area contributed by atoms with Gasteiger partial charge < -0.3 is 4.90 Å². The summed E-state index contributed by atoms with van der Waals surface area (Å²) < 4.78 is 2.61. The zero-order chi connectivity index (χ0) is 34.4. The van der Waals surface area contributed by atoms with E-state index >= 15 is 0 Å². The van der Waals surface area contributed by atoms with Crippen LogP contribution in [0, 0.1) is 0 Å². The molecule has 1 heterocycles. The van der Waals surface area contributed by atoms with E-state index in [4.69, 9.17) is 0 Å². The van der Waals surface area contributed by atoms with Gasteiger partial charge in [0.2, 0.25) is 0 Å². The van der Waals surface area contributed by atoms with Gasteiger partial charge in [-0.2, -0.15) is 0 Å². The van der Waals surface area contributed by atoms with Gasteiger partial charge >= 0.3 is 0 Å². The third kappa shape index (κ3) is 5.51. The van der Waals surface area contributed by atoms with Crippen LogP contribution < -0.4 is 4.90 Å². The van der Waals surface area contributed by atoms with Gasteiger partial charge in [-0.3, -0.25) is 0 Å². The molecule has 10 rings (SSSR count). The molecular weight excluding hydrogens is 647 g/mol. The van der Waals surface area contributed by atoms with Crippen LogP contribution in [0.1, 0.15) is 0 Å². The van der Waals surface area contributed by atoms with Crippen LogP contribution in [0.4, 0.5) is 17.1 Å². The Hall–Kier alpha value is -6.48. The molecule has 52 heavy (non-hydrogen) atoms. The Morgan fingerprint density at radius 1 is 0.269 bits per heavy atom. The maximum absolute atomic E-state index is 2.38. The summed E-state index contributed by atoms with van der Waals surface area (Å²) in [5.74, 6) is 0. The molecule has 0 aliphatic heterocycles. The normalized spacial score (nSPS) is 11.5. The number of hydrogen-bond acceptors (Lipinski definition) is 2. The molecule has 2 heteroatoms. The van der Waals surface area contributed by atoms with Crippen LogP contribution in [-0.4, -0.2) is 0 Å². The molecule has 10 aromatic rings. The molecule has 0 spiro atoms. The molecule has 1 nitrogen and oxygen atoms in total. The number of hydrogen-bond donors (Lipinski definition) is 0. The average Bonchev–Trinajstić information content (AvgIpc) is 3.59. The first kappa shape index (κ1) is 30.4. The fourth-order valence-electron chi connectivity index (χ4n) is 7.52. The van der Waals surface area contributed by atoms with Crippen LogP contribution >= 0.6 is 11.3 Å². The molecule has 0 saturated carbocycles. The molecule has 0 fully saturated rings. The summed E-state index contributed by atoms with van der Waals surface area (Å²) in [6, 6.07) is 73.0. The van der Waals surface area contributed by atoms with E-state index in [1.54, 1.807) is 0 Å². The highest BCUT2D eigenvalue weighted by Crippen LogP contribution is 2.41. The van der Waals surface area contributed by atoms with Crippen molar-refractivity contribution in [3.63, 3.8) is 0 Å². The fraction of sp³-hybridized carbons (Fsp3) is 0. The minimum Gasteiger partial charge on any atom is -0.310 e. The van der Waals surface area contributed by atoms with Gasteiger partial charge in [-0.25, -0.2) is 0 Å². The molecule has 0 atom stereocenters. The highest BCUT2D eigenvalue weighted by Gasteiger charge is 2.16. The first-order valence-corrected chi connectivity index (χ1v) is 18.6. The standard InChI is InChI=1S/C50H33NS/c1-3-10-38-31-42(18-16-34(38)8-1)37-22-26-45(27-23-37)51(46-28-29-48-47-14-5-6-15-49(47)52-50(48)33-46)44-24-20-36(21-25-44)40-12-7-13-41(30-40)43-19-17-35-9-2-4-11-39(35)32-43/h1-33H. The maximum Gasteiger partial charge on any atom is 0.0476 e. The van der Waals surface area contributed by atoms with E-state index in [9.17, 15) is 0 Å². The quantitative estimate of drug-likeness (QED) is 0.169. The zero-order valence-electron chi connectivity index (χ0n) is 28.4. The minimum absolute atomic E-state index is 1.12.